The predicted molar refractivity (Wildman–Crippen MR) is 76.6 cm³/mol. The van der Waals surface area contributed by atoms with Gasteiger partial charge in [-0.05, 0) is 13.8 Å². The Hall–Kier alpha value is -1.51. The van der Waals surface area contributed by atoms with E-state index in [1.165, 1.54) is 20.8 Å². The number of aliphatic hydroxyl groups excluding tert-OH is 3. The van der Waals surface area contributed by atoms with Crippen LogP contribution in [0.1, 0.15) is 33.6 Å². The van der Waals surface area contributed by atoms with Gasteiger partial charge in [-0.3, -0.25) is 14.4 Å². The molecule has 8 heteroatoms. The molecule has 0 heterocycles. The first-order valence-corrected chi connectivity index (χ1v) is 7.26. The summed E-state index contributed by atoms with van der Waals surface area (Å²) in [5.41, 5.74) is 0. The van der Waals surface area contributed by atoms with E-state index < -0.39 is 42.2 Å². The molecule has 0 aromatic rings. The lowest BCUT2D eigenvalue weighted by Gasteiger charge is -2.38. The van der Waals surface area contributed by atoms with Crippen molar-refractivity contribution in [2.24, 2.45) is 5.92 Å². The van der Waals surface area contributed by atoms with Crippen LogP contribution in [0.25, 0.3) is 0 Å². The van der Waals surface area contributed by atoms with E-state index in [4.69, 9.17) is 0 Å². The Labute approximate surface area is 128 Å². The minimum atomic E-state index is -1.21. The molecule has 8 nitrogen and oxygen atoms in total. The minimum absolute atomic E-state index is 0.0391. The zero-order chi connectivity index (χ0) is 17.0. The lowest BCUT2D eigenvalue weighted by atomic mass is 9.77. The molecule has 0 aromatic heterocycles. The van der Waals surface area contributed by atoms with E-state index in [-0.39, 0.29) is 24.5 Å². The number of carbonyl (C=O) groups is 3. The molecule has 6 unspecified atom stereocenters. The van der Waals surface area contributed by atoms with Gasteiger partial charge >= 0.3 is 0 Å². The highest BCUT2D eigenvalue weighted by molar-refractivity contribution is 5.86. The van der Waals surface area contributed by atoms with Crippen molar-refractivity contribution in [1.82, 2.24) is 10.6 Å². The van der Waals surface area contributed by atoms with Gasteiger partial charge in [0.25, 0.3) is 0 Å². The first kappa shape index (κ1) is 18.5. The number of rotatable bonds is 5. The molecule has 1 rings (SSSR count). The van der Waals surface area contributed by atoms with E-state index in [2.05, 4.69) is 10.6 Å². The summed E-state index contributed by atoms with van der Waals surface area (Å²) in [5.74, 6) is -1.94. The molecule has 0 saturated heterocycles. The number of nitrogens with one attached hydrogen (secondary N) is 2. The second kappa shape index (κ2) is 7.66. The zero-order valence-electron chi connectivity index (χ0n) is 12.9. The molecule has 1 aliphatic carbocycles. The van der Waals surface area contributed by atoms with Crippen molar-refractivity contribution in [3.05, 3.63) is 0 Å². The molecule has 6 atom stereocenters. The quantitative estimate of drug-likeness (QED) is 0.401. The molecule has 1 aliphatic rings. The van der Waals surface area contributed by atoms with Gasteiger partial charge in [-0.15, -0.1) is 0 Å². The highest BCUT2D eigenvalue weighted by atomic mass is 16.3. The van der Waals surface area contributed by atoms with Gasteiger partial charge < -0.3 is 26.0 Å². The van der Waals surface area contributed by atoms with Gasteiger partial charge in [0.05, 0.1) is 24.4 Å². The van der Waals surface area contributed by atoms with Crippen molar-refractivity contribution in [2.45, 2.75) is 64.0 Å². The van der Waals surface area contributed by atoms with E-state index in [0.29, 0.717) is 0 Å². The average molecular weight is 316 g/mol. The number of hydrogen-bond acceptors (Lipinski definition) is 6. The number of amides is 2. The summed E-state index contributed by atoms with van der Waals surface area (Å²) in [5, 5.41) is 34.5. The van der Waals surface area contributed by atoms with Crippen LogP contribution >= 0.6 is 0 Å². The van der Waals surface area contributed by atoms with Gasteiger partial charge in [-0.1, -0.05) is 0 Å². The van der Waals surface area contributed by atoms with Crippen LogP contribution in [0, 0.1) is 5.92 Å². The number of aliphatic hydroxyl groups is 3. The molecule has 0 aromatic carbocycles. The van der Waals surface area contributed by atoms with Crippen LogP contribution in [0.3, 0.4) is 0 Å². The molecule has 22 heavy (non-hydrogen) atoms. The second-order valence-corrected chi connectivity index (χ2v) is 5.87. The molecule has 0 bridgehead atoms. The molecule has 1 saturated carbocycles. The van der Waals surface area contributed by atoms with Crippen LogP contribution < -0.4 is 10.6 Å². The maximum Gasteiger partial charge on any atom is 0.242 e. The third kappa shape index (κ3) is 4.75. The molecule has 5 N–H and O–H groups in total. The van der Waals surface area contributed by atoms with E-state index in [1.807, 2.05) is 0 Å². The summed E-state index contributed by atoms with van der Waals surface area (Å²) >= 11 is 0. The zero-order valence-corrected chi connectivity index (χ0v) is 12.9. The Morgan fingerprint density at radius 2 is 1.77 bits per heavy atom. The van der Waals surface area contributed by atoms with Gasteiger partial charge in [0, 0.05) is 25.7 Å². The topological polar surface area (TPSA) is 136 Å². The van der Waals surface area contributed by atoms with Crippen molar-refractivity contribution >= 4 is 17.6 Å². The van der Waals surface area contributed by atoms with Crippen LogP contribution in [0.4, 0.5) is 0 Å². The minimum Gasteiger partial charge on any atom is -0.391 e. The largest absolute Gasteiger partial charge is 0.391 e. The van der Waals surface area contributed by atoms with Crippen LogP contribution in [0.2, 0.25) is 0 Å². The number of Topliss-reactive ketones (excluding diaryl/α,β-unsaturated/α-hetero) is 1. The standard InChI is InChI=1S/C14H24N2O6/c1-6(15-8(3)18)14(22)16-12(7(2)17)10-4-9(19)5-11(20)13(10)21/h6-7,10-13,17,20-21H,4-5H2,1-3H3,(H,15,18)(H,16,22). The molecule has 2 amide bonds. The molecular weight excluding hydrogens is 292 g/mol. The number of carbonyl (C=O) groups excluding carboxylic acids is 3. The number of hydrogen-bond donors (Lipinski definition) is 5. The van der Waals surface area contributed by atoms with Gasteiger partial charge in [0.2, 0.25) is 11.8 Å². The van der Waals surface area contributed by atoms with Crippen LogP contribution in [-0.4, -0.2) is 63.3 Å². The monoisotopic (exact) mass is 316 g/mol. The average Bonchev–Trinajstić information content (AvgIpc) is 2.38. The Morgan fingerprint density at radius 3 is 2.27 bits per heavy atom. The molecule has 0 radical (unpaired) electrons. The molecule has 0 spiro atoms. The van der Waals surface area contributed by atoms with E-state index in [0.717, 1.165) is 0 Å². The fraction of sp³-hybridized carbons (Fsp3) is 0.786. The molecule has 126 valence electrons. The predicted octanol–water partition coefficient (Wildman–Crippen LogP) is -1.92. The number of ketones is 1. The summed E-state index contributed by atoms with van der Waals surface area (Å²) < 4.78 is 0. The van der Waals surface area contributed by atoms with E-state index >= 15 is 0 Å². The summed E-state index contributed by atoms with van der Waals surface area (Å²) in [6.07, 6.45) is -3.64. The Kier molecular flexibility index (Phi) is 6.46. The van der Waals surface area contributed by atoms with Crippen molar-refractivity contribution in [3.8, 4) is 0 Å². The Balaban J connectivity index is 2.82. The Morgan fingerprint density at radius 1 is 1.18 bits per heavy atom. The SMILES string of the molecule is CC(=O)NC(C)C(=O)NC(C(C)O)C1CC(=O)CC(O)C1O. The van der Waals surface area contributed by atoms with Gasteiger partial charge in [0.15, 0.2) is 0 Å². The van der Waals surface area contributed by atoms with Crippen molar-refractivity contribution < 1.29 is 29.7 Å². The fourth-order valence-electron chi connectivity index (χ4n) is 2.69. The first-order valence-electron chi connectivity index (χ1n) is 7.26. The van der Waals surface area contributed by atoms with Crippen molar-refractivity contribution in [1.29, 1.82) is 0 Å². The summed E-state index contributed by atoms with van der Waals surface area (Å²) in [6.45, 7) is 4.18. The summed E-state index contributed by atoms with van der Waals surface area (Å²) in [7, 11) is 0. The fourth-order valence-corrected chi connectivity index (χ4v) is 2.69. The normalized spacial score (nSPS) is 29.4. The molecular formula is C14H24N2O6. The maximum absolute atomic E-state index is 12.0. The first-order chi connectivity index (χ1) is 10.1. The molecule has 1 fully saturated rings. The Bertz CT molecular complexity index is 439. The summed E-state index contributed by atoms with van der Waals surface area (Å²) in [6, 6.07) is -1.72. The third-order valence-electron chi connectivity index (χ3n) is 3.84. The van der Waals surface area contributed by atoms with E-state index in [9.17, 15) is 29.7 Å². The van der Waals surface area contributed by atoms with Crippen LogP contribution in [-0.2, 0) is 14.4 Å². The van der Waals surface area contributed by atoms with Crippen LogP contribution in [0.15, 0.2) is 0 Å². The highest BCUT2D eigenvalue weighted by Gasteiger charge is 2.41. The maximum atomic E-state index is 12.0. The summed E-state index contributed by atoms with van der Waals surface area (Å²) in [4.78, 5) is 34.6. The lowest BCUT2D eigenvalue weighted by molar-refractivity contribution is -0.138. The van der Waals surface area contributed by atoms with Crippen molar-refractivity contribution in [2.75, 3.05) is 0 Å². The second-order valence-electron chi connectivity index (χ2n) is 5.87. The highest BCUT2D eigenvalue weighted by Crippen LogP contribution is 2.27. The molecule has 0 aliphatic heterocycles. The van der Waals surface area contributed by atoms with Crippen LogP contribution in [0.5, 0.6) is 0 Å². The van der Waals surface area contributed by atoms with E-state index in [1.54, 1.807) is 0 Å². The smallest absolute Gasteiger partial charge is 0.242 e. The van der Waals surface area contributed by atoms with Gasteiger partial charge in [-0.2, -0.15) is 0 Å². The third-order valence-corrected chi connectivity index (χ3v) is 3.84. The lowest BCUT2D eigenvalue weighted by Crippen LogP contribution is -2.58. The van der Waals surface area contributed by atoms with Gasteiger partial charge in [0.1, 0.15) is 11.8 Å². The van der Waals surface area contributed by atoms with Gasteiger partial charge in [-0.25, -0.2) is 0 Å². The van der Waals surface area contributed by atoms with Crippen molar-refractivity contribution in [3.63, 3.8) is 0 Å².